The minimum Gasteiger partial charge on any atom is -0.461 e. The third-order valence-corrected chi connectivity index (χ3v) is 4.42. The van der Waals surface area contributed by atoms with Gasteiger partial charge in [-0.25, -0.2) is 0 Å². The van der Waals surface area contributed by atoms with Gasteiger partial charge in [0, 0.05) is 17.8 Å². The molecule has 0 heterocycles. The zero-order chi connectivity index (χ0) is 10.6. The first-order valence-corrected chi connectivity index (χ1v) is 5.53. The molecule has 2 nitrogen and oxygen atoms in total. The van der Waals surface area contributed by atoms with Crippen LogP contribution in [0.1, 0.15) is 47.0 Å². The van der Waals surface area contributed by atoms with Crippen LogP contribution in [0.15, 0.2) is 0 Å². The molecule has 14 heavy (non-hydrogen) atoms. The van der Waals surface area contributed by atoms with Crippen LogP contribution in [-0.4, -0.2) is 12.1 Å². The summed E-state index contributed by atoms with van der Waals surface area (Å²) in [5.41, 5.74) is 0.429. The van der Waals surface area contributed by atoms with Gasteiger partial charge in [0.1, 0.15) is 6.10 Å². The summed E-state index contributed by atoms with van der Waals surface area (Å²) in [6.45, 7) is 8.28. The highest BCUT2D eigenvalue weighted by Gasteiger charge is 2.61. The molecule has 2 aliphatic rings. The SMILES string of the molecule is CC(=O)O[C@H]1C2(C)CCC(C2)C1(C)C. The lowest BCUT2D eigenvalue weighted by molar-refractivity contribution is -0.161. The fraction of sp³-hybridized carbons (Fsp3) is 0.917. The normalized spacial score (nSPS) is 44.0. The highest BCUT2D eigenvalue weighted by molar-refractivity contribution is 5.66. The Labute approximate surface area is 86.0 Å². The quantitative estimate of drug-likeness (QED) is 0.603. The van der Waals surface area contributed by atoms with E-state index in [9.17, 15) is 4.79 Å². The number of esters is 1. The molecule has 0 radical (unpaired) electrons. The largest absolute Gasteiger partial charge is 0.461 e. The summed E-state index contributed by atoms with van der Waals surface area (Å²) in [5, 5.41) is 0. The van der Waals surface area contributed by atoms with Crippen molar-refractivity contribution in [1.29, 1.82) is 0 Å². The summed E-state index contributed by atoms with van der Waals surface area (Å²) < 4.78 is 5.52. The van der Waals surface area contributed by atoms with Crippen molar-refractivity contribution in [3.8, 4) is 0 Å². The topological polar surface area (TPSA) is 26.3 Å². The minimum atomic E-state index is -0.128. The Hall–Kier alpha value is -0.530. The van der Waals surface area contributed by atoms with Crippen LogP contribution in [0.2, 0.25) is 0 Å². The van der Waals surface area contributed by atoms with Gasteiger partial charge in [0.25, 0.3) is 0 Å². The molecule has 80 valence electrons. The van der Waals surface area contributed by atoms with Gasteiger partial charge in [-0.2, -0.15) is 0 Å². The zero-order valence-corrected chi connectivity index (χ0v) is 9.59. The Morgan fingerprint density at radius 2 is 2.00 bits per heavy atom. The summed E-state index contributed by atoms with van der Waals surface area (Å²) in [5.74, 6) is 0.619. The molecular weight excluding hydrogens is 176 g/mol. The predicted molar refractivity (Wildman–Crippen MR) is 54.8 cm³/mol. The maximum absolute atomic E-state index is 11.1. The fourth-order valence-electron chi connectivity index (χ4n) is 3.72. The highest BCUT2D eigenvalue weighted by Crippen LogP contribution is 2.63. The van der Waals surface area contributed by atoms with Gasteiger partial charge in [0.05, 0.1) is 0 Å². The minimum absolute atomic E-state index is 0.128. The van der Waals surface area contributed by atoms with Crippen LogP contribution in [0.5, 0.6) is 0 Å². The van der Waals surface area contributed by atoms with Crippen molar-refractivity contribution in [3.05, 3.63) is 0 Å². The van der Waals surface area contributed by atoms with Crippen LogP contribution in [0, 0.1) is 16.7 Å². The molecule has 2 fully saturated rings. The van der Waals surface area contributed by atoms with E-state index in [4.69, 9.17) is 4.74 Å². The molecule has 0 aromatic heterocycles. The summed E-state index contributed by atoms with van der Waals surface area (Å²) in [4.78, 5) is 11.1. The average Bonchev–Trinajstić information content (AvgIpc) is 2.49. The highest BCUT2D eigenvalue weighted by atomic mass is 16.5. The van der Waals surface area contributed by atoms with Gasteiger partial charge in [0.15, 0.2) is 0 Å². The van der Waals surface area contributed by atoms with Crippen LogP contribution >= 0.6 is 0 Å². The number of fused-ring (bicyclic) bond motifs is 2. The Morgan fingerprint density at radius 1 is 1.36 bits per heavy atom. The van der Waals surface area contributed by atoms with E-state index in [0.29, 0.717) is 0 Å². The molecule has 0 spiro atoms. The van der Waals surface area contributed by atoms with Crippen molar-refractivity contribution in [1.82, 2.24) is 0 Å². The molecule has 2 bridgehead atoms. The van der Waals surface area contributed by atoms with Gasteiger partial charge in [-0.15, -0.1) is 0 Å². The second-order valence-electron chi connectivity index (χ2n) is 5.90. The second kappa shape index (κ2) is 2.74. The molecule has 2 aliphatic carbocycles. The van der Waals surface area contributed by atoms with E-state index >= 15 is 0 Å². The number of rotatable bonds is 1. The lowest BCUT2D eigenvalue weighted by Gasteiger charge is -2.41. The monoisotopic (exact) mass is 196 g/mol. The number of carbonyl (C=O) groups is 1. The van der Waals surface area contributed by atoms with Gasteiger partial charge in [-0.3, -0.25) is 4.79 Å². The van der Waals surface area contributed by atoms with Gasteiger partial charge >= 0.3 is 5.97 Å². The van der Waals surface area contributed by atoms with Crippen LogP contribution in [0.3, 0.4) is 0 Å². The number of ether oxygens (including phenoxy) is 1. The lowest BCUT2D eigenvalue weighted by Crippen LogP contribution is -2.43. The van der Waals surface area contributed by atoms with E-state index in [1.54, 1.807) is 0 Å². The number of carbonyl (C=O) groups excluding carboxylic acids is 1. The van der Waals surface area contributed by atoms with Crippen molar-refractivity contribution in [2.75, 3.05) is 0 Å². The molecule has 0 saturated heterocycles. The Morgan fingerprint density at radius 3 is 2.43 bits per heavy atom. The van der Waals surface area contributed by atoms with Gasteiger partial charge < -0.3 is 4.74 Å². The number of hydrogen-bond acceptors (Lipinski definition) is 2. The lowest BCUT2D eigenvalue weighted by atomic mass is 9.70. The van der Waals surface area contributed by atoms with Crippen molar-refractivity contribution < 1.29 is 9.53 Å². The molecule has 0 aliphatic heterocycles. The molecule has 0 aromatic carbocycles. The van der Waals surface area contributed by atoms with Crippen LogP contribution in [0.4, 0.5) is 0 Å². The van der Waals surface area contributed by atoms with E-state index in [1.807, 2.05) is 0 Å². The predicted octanol–water partition coefficient (Wildman–Crippen LogP) is 2.76. The van der Waals surface area contributed by atoms with Crippen LogP contribution in [-0.2, 0) is 9.53 Å². The van der Waals surface area contributed by atoms with E-state index in [1.165, 1.54) is 26.2 Å². The molecule has 2 rings (SSSR count). The zero-order valence-electron chi connectivity index (χ0n) is 9.59. The smallest absolute Gasteiger partial charge is 0.302 e. The molecule has 0 aromatic rings. The maximum atomic E-state index is 11.1. The fourth-order valence-corrected chi connectivity index (χ4v) is 3.72. The molecule has 3 atom stereocenters. The Kier molecular flexibility index (Phi) is 1.96. The molecule has 2 saturated carbocycles. The van der Waals surface area contributed by atoms with E-state index in [-0.39, 0.29) is 22.9 Å². The third kappa shape index (κ3) is 1.19. The Bertz CT molecular complexity index is 265. The molecule has 0 N–H and O–H groups in total. The summed E-state index contributed by atoms with van der Waals surface area (Å²) in [7, 11) is 0. The molecular formula is C12H20O2. The van der Waals surface area contributed by atoms with Crippen LogP contribution in [0.25, 0.3) is 0 Å². The van der Waals surface area contributed by atoms with Crippen molar-refractivity contribution in [2.24, 2.45) is 16.7 Å². The van der Waals surface area contributed by atoms with E-state index in [0.717, 1.165) is 5.92 Å². The molecule has 2 heteroatoms. The second-order valence-corrected chi connectivity index (χ2v) is 5.90. The van der Waals surface area contributed by atoms with Gasteiger partial charge in [-0.1, -0.05) is 20.8 Å². The standard InChI is InChI=1S/C12H20O2/c1-8(13)14-10-11(2,3)9-5-6-12(10,4)7-9/h9-10H,5-7H2,1-4H3/t9?,10-,12?/m1/s1. The van der Waals surface area contributed by atoms with Gasteiger partial charge in [-0.05, 0) is 25.2 Å². The first-order chi connectivity index (χ1) is 6.36. The molecule has 0 amide bonds. The Balaban J connectivity index is 2.25. The first-order valence-electron chi connectivity index (χ1n) is 5.53. The van der Waals surface area contributed by atoms with Crippen molar-refractivity contribution >= 4 is 5.97 Å². The van der Waals surface area contributed by atoms with Crippen LogP contribution < -0.4 is 0 Å². The van der Waals surface area contributed by atoms with Gasteiger partial charge in [0.2, 0.25) is 0 Å². The average molecular weight is 196 g/mol. The summed E-state index contributed by atoms with van der Waals surface area (Å²) >= 11 is 0. The van der Waals surface area contributed by atoms with Crippen molar-refractivity contribution in [2.45, 2.75) is 53.1 Å². The summed E-state index contributed by atoms with van der Waals surface area (Å²) in [6, 6.07) is 0. The van der Waals surface area contributed by atoms with E-state index in [2.05, 4.69) is 20.8 Å². The van der Waals surface area contributed by atoms with E-state index < -0.39 is 0 Å². The third-order valence-electron chi connectivity index (χ3n) is 4.42. The maximum Gasteiger partial charge on any atom is 0.302 e. The molecule has 2 unspecified atom stereocenters. The van der Waals surface area contributed by atoms with Crippen molar-refractivity contribution in [3.63, 3.8) is 0 Å². The first kappa shape index (κ1) is 10.0. The summed E-state index contributed by atoms with van der Waals surface area (Å²) in [6.07, 6.45) is 3.89. The number of hydrogen-bond donors (Lipinski definition) is 0.